The van der Waals surface area contributed by atoms with Gasteiger partial charge in [0, 0.05) is 12.6 Å². The Bertz CT molecular complexity index is 1410. The van der Waals surface area contributed by atoms with Crippen LogP contribution in [0.3, 0.4) is 0 Å². The van der Waals surface area contributed by atoms with Gasteiger partial charge in [0.25, 0.3) is 0 Å². The molecular formula is C32H42N2O9S. The van der Waals surface area contributed by atoms with Crippen LogP contribution in [0.1, 0.15) is 22.8 Å². The first-order valence-corrected chi connectivity index (χ1v) is 16.5. The maximum atomic E-state index is 11.7. The molecule has 0 fully saturated rings. The molecule has 0 aromatic heterocycles. The molecule has 0 amide bonds. The molecule has 240 valence electrons. The Morgan fingerprint density at radius 3 is 2.02 bits per heavy atom. The summed E-state index contributed by atoms with van der Waals surface area (Å²) in [6.45, 7) is 3.75. The Labute approximate surface area is 259 Å². The maximum Gasteiger partial charge on any atom is 0.229 e. The highest BCUT2D eigenvalue weighted by atomic mass is 32.2. The van der Waals surface area contributed by atoms with Gasteiger partial charge in [0.2, 0.25) is 10.0 Å². The Balaban J connectivity index is 1.47. The fourth-order valence-corrected chi connectivity index (χ4v) is 5.28. The van der Waals surface area contributed by atoms with Gasteiger partial charge in [0.1, 0.15) is 19.0 Å². The molecule has 0 saturated heterocycles. The van der Waals surface area contributed by atoms with Gasteiger partial charge in [-0.15, -0.1) is 0 Å². The molecule has 1 unspecified atom stereocenters. The number of rotatable bonds is 10. The van der Waals surface area contributed by atoms with Crippen LogP contribution >= 0.6 is 0 Å². The van der Waals surface area contributed by atoms with Gasteiger partial charge in [-0.05, 0) is 53.8 Å². The monoisotopic (exact) mass is 630 g/mol. The normalized spacial score (nSPS) is 16.7. The number of aliphatic hydroxyl groups is 1. The van der Waals surface area contributed by atoms with Gasteiger partial charge >= 0.3 is 0 Å². The second-order valence-electron chi connectivity index (χ2n) is 10.5. The molecule has 0 radical (unpaired) electrons. The number of hydrogen-bond acceptors (Lipinski definition) is 10. The first-order valence-electron chi connectivity index (χ1n) is 14.6. The van der Waals surface area contributed by atoms with Crippen LogP contribution in [0.25, 0.3) is 0 Å². The van der Waals surface area contributed by atoms with Crippen LogP contribution in [-0.2, 0) is 37.1 Å². The number of ether oxygens (including phenoxy) is 5. The molecule has 2 atom stereocenters. The third-order valence-corrected chi connectivity index (χ3v) is 7.42. The van der Waals surface area contributed by atoms with E-state index < -0.39 is 16.1 Å². The zero-order valence-corrected chi connectivity index (χ0v) is 25.8. The number of benzene rings is 3. The lowest BCUT2D eigenvalue weighted by Gasteiger charge is -2.23. The molecule has 44 heavy (non-hydrogen) atoms. The average Bonchev–Trinajstić information content (AvgIpc) is 3.00. The second kappa shape index (κ2) is 17.2. The van der Waals surface area contributed by atoms with E-state index in [1.807, 2.05) is 36.4 Å². The lowest BCUT2D eigenvalue weighted by Crippen LogP contribution is -2.36. The van der Waals surface area contributed by atoms with Crippen molar-refractivity contribution in [1.29, 1.82) is 0 Å². The van der Waals surface area contributed by atoms with Crippen LogP contribution in [0.5, 0.6) is 17.2 Å². The highest BCUT2D eigenvalue weighted by Gasteiger charge is 2.18. The van der Waals surface area contributed by atoms with Crippen LogP contribution in [0.2, 0.25) is 0 Å². The molecule has 0 aliphatic carbocycles. The summed E-state index contributed by atoms with van der Waals surface area (Å²) in [6, 6.07) is 20.2. The molecule has 11 nitrogen and oxygen atoms in total. The molecular weight excluding hydrogens is 588 g/mol. The number of phenols is 1. The molecule has 0 bridgehead atoms. The molecule has 3 aromatic rings. The van der Waals surface area contributed by atoms with E-state index in [2.05, 4.69) is 22.2 Å². The van der Waals surface area contributed by atoms with Crippen molar-refractivity contribution in [3.05, 3.63) is 83.4 Å². The zero-order valence-electron chi connectivity index (χ0n) is 24.9. The fourth-order valence-electron chi connectivity index (χ4n) is 4.71. The molecule has 4 N–H and O–H groups in total. The van der Waals surface area contributed by atoms with Gasteiger partial charge in [0.05, 0.1) is 57.7 Å². The van der Waals surface area contributed by atoms with Crippen LogP contribution in [0, 0.1) is 0 Å². The molecule has 0 spiro atoms. The number of hydrogen-bond donors (Lipinski definition) is 4. The number of phenolic OH excluding ortho intramolecular Hbond substituents is 1. The highest BCUT2D eigenvalue weighted by Crippen LogP contribution is 2.30. The standard InChI is InChI=1S/C32H42N2O9S/c1-44(37,38)34-28-22-26(8-9-29(28)35)30(36)23-33-27(19-24-5-3-2-4-6-24)20-25-7-10-31-32(21-25)43-18-16-41-14-12-39-11-13-40-15-17-42-31/h2-10,21-22,27,30,33-36H,11-20,23H2,1H3/t27?,30-/m0/s1. The van der Waals surface area contributed by atoms with Gasteiger partial charge in [-0.1, -0.05) is 42.5 Å². The Hall–Kier alpha value is -3.39. The van der Waals surface area contributed by atoms with Gasteiger partial charge in [-0.25, -0.2) is 8.42 Å². The first kappa shape index (κ1) is 33.5. The Kier molecular flexibility index (Phi) is 13.1. The van der Waals surface area contributed by atoms with Crippen molar-refractivity contribution in [3.8, 4) is 17.2 Å². The molecule has 4 rings (SSSR count). The highest BCUT2D eigenvalue weighted by molar-refractivity contribution is 7.92. The van der Waals surface area contributed by atoms with Crippen LogP contribution in [-0.4, -0.2) is 90.3 Å². The number of aromatic hydroxyl groups is 1. The summed E-state index contributed by atoms with van der Waals surface area (Å²) < 4.78 is 54.3. The number of aliphatic hydroxyl groups excluding tert-OH is 1. The minimum absolute atomic E-state index is 0.0118. The van der Waals surface area contributed by atoms with Crippen LogP contribution in [0.15, 0.2) is 66.7 Å². The third-order valence-electron chi connectivity index (χ3n) is 6.83. The van der Waals surface area contributed by atoms with Crippen molar-refractivity contribution in [2.24, 2.45) is 0 Å². The van der Waals surface area contributed by atoms with Gasteiger partial charge in [-0.2, -0.15) is 0 Å². The average molecular weight is 631 g/mol. The van der Waals surface area contributed by atoms with E-state index in [0.29, 0.717) is 82.8 Å². The van der Waals surface area contributed by atoms with Gasteiger partial charge < -0.3 is 39.2 Å². The molecule has 1 heterocycles. The molecule has 1 aliphatic rings. The second-order valence-corrected chi connectivity index (χ2v) is 12.2. The number of sulfonamides is 1. The fraction of sp³-hybridized carbons (Fsp3) is 0.438. The Morgan fingerprint density at radius 2 is 1.36 bits per heavy atom. The smallest absolute Gasteiger partial charge is 0.229 e. The lowest BCUT2D eigenvalue weighted by atomic mass is 9.98. The lowest BCUT2D eigenvalue weighted by molar-refractivity contribution is 0.00708. The van der Waals surface area contributed by atoms with E-state index in [1.54, 1.807) is 6.07 Å². The third kappa shape index (κ3) is 11.6. The number of fused-ring (bicyclic) bond motifs is 1. The van der Waals surface area contributed by atoms with E-state index in [-0.39, 0.29) is 24.0 Å². The number of nitrogens with one attached hydrogen (secondary N) is 2. The topological polar surface area (TPSA) is 145 Å². The van der Waals surface area contributed by atoms with E-state index in [0.717, 1.165) is 17.4 Å². The summed E-state index contributed by atoms with van der Waals surface area (Å²) in [5.41, 5.74) is 2.63. The van der Waals surface area contributed by atoms with Gasteiger partial charge in [-0.3, -0.25) is 4.72 Å². The van der Waals surface area contributed by atoms with E-state index in [1.165, 1.54) is 12.1 Å². The van der Waals surface area contributed by atoms with Crippen molar-refractivity contribution < 1.29 is 42.3 Å². The van der Waals surface area contributed by atoms with Crippen molar-refractivity contribution in [2.45, 2.75) is 25.0 Å². The molecule has 1 aliphatic heterocycles. The van der Waals surface area contributed by atoms with E-state index in [4.69, 9.17) is 23.7 Å². The summed E-state index contributed by atoms with van der Waals surface area (Å²) in [5.74, 6) is 1.02. The maximum absolute atomic E-state index is 11.7. The van der Waals surface area contributed by atoms with Crippen LogP contribution < -0.4 is 19.5 Å². The summed E-state index contributed by atoms with van der Waals surface area (Å²) in [7, 11) is -3.60. The van der Waals surface area contributed by atoms with Crippen LogP contribution in [0.4, 0.5) is 5.69 Å². The zero-order chi connectivity index (χ0) is 31.2. The quantitative estimate of drug-likeness (QED) is 0.247. The molecule has 3 aromatic carbocycles. The van der Waals surface area contributed by atoms with Crippen molar-refractivity contribution in [1.82, 2.24) is 5.32 Å². The minimum atomic E-state index is -3.60. The van der Waals surface area contributed by atoms with E-state index in [9.17, 15) is 18.6 Å². The van der Waals surface area contributed by atoms with Gasteiger partial charge in [0.15, 0.2) is 11.5 Å². The minimum Gasteiger partial charge on any atom is -0.506 e. The summed E-state index contributed by atoms with van der Waals surface area (Å²) in [6.07, 6.45) is 1.38. The predicted molar refractivity (Wildman–Crippen MR) is 167 cm³/mol. The summed E-state index contributed by atoms with van der Waals surface area (Å²) in [4.78, 5) is 0. The molecule has 12 heteroatoms. The molecule has 0 saturated carbocycles. The van der Waals surface area contributed by atoms with Crippen molar-refractivity contribution in [2.75, 3.05) is 70.4 Å². The van der Waals surface area contributed by atoms with E-state index >= 15 is 0 Å². The number of anilines is 1. The van der Waals surface area contributed by atoms with Crippen molar-refractivity contribution >= 4 is 15.7 Å². The SMILES string of the molecule is CS(=O)(=O)Nc1cc([C@@H](O)CNC(Cc2ccccc2)Cc2ccc3c(c2)OCCOCCOCCOCCO3)ccc1O. The first-order chi connectivity index (χ1) is 21.3. The summed E-state index contributed by atoms with van der Waals surface area (Å²) >= 11 is 0. The van der Waals surface area contributed by atoms with Crippen molar-refractivity contribution in [3.63, 3.8) is 0 Å². The summed E-state index contributed by atoms with van der Waals surface area (Å²) in [5, 5.41) is 24.5. The predicted octanol–water partition coefficient (Wildman–Crippen LogP) is 3.06. The Morgan fingerprint density at radius 1 is 0.750 bits per heavy atom. The largest absolute Gasteiger partial charge is 0.506 e.